The van der Waals surface area contributed by atoms with Gasteiger partial charge in [-0.05, 0) is 37.0 Å². The van der Waals surface area contributed by atoms with E-state index in [0.29, 0.717) is 6.42 Å². The van der Waals surface area contributed by atoms with Crippen LogP contribution in [0.15, 0.2) is 24.3 Å². The van der Waals surface area contributed by atoms with Crippen LogP contribution in [0, 0.1) is 0 Å². The molecule has 1 aliphatic heterocycles. The Morgan fingerprint density at radius 3 is 2.38 bits per heavy atom. The van der Waals surface area contributed by atoms with Gasteiger partial charge in [-0.1, -0.05) is 12.1 Å². The topological polar surface area (TPSA) is 9.23 Å². The molecule has 0 saturated carbocycles. The fraction of sp³-hybridized carbons (Fsp3) is 0.500. The smallest absolute Gasteiger partial charge is 0.378 e. The summed E-state index contributed by atoms with van der Waals surface area (Å²) in [6, 6.07) is 5.32. The lowest BCUT2D eigenvalue weighted by Crippen LogP contribution is -2.09. The molecule has 88 valence electrons. The molecular formula is C12H13F3O. The monoisotopic (exact) mass is 230 g/mol. The molecule has 1 aliphatic rings. The van der Waals surface area contributed by atoms with Crippen LogP contribution in [0.25, 0.3) is 0 Å². The lowest BCUT2D eigenvalue weighted by Gasteiger charge is -2.10. The van der Waals surface area contributed by atoms with Crippen LogP contribution in [-0.2, 0) is 17.3 Å². The fourth-order valence-electron chi connectivity index (χ4n) is 1.90. The van der Waals surface area contributed by atoms with Crippen LogP contribution in [0.5, 0.6) is 0 Å². The van der Waals surface area contributed by atoms with E-state index in [9.17, 15) is 13.2 Å². The van der Waals surface area contributed by atoms with Crippen molar-refractivity contribution in [2.75, 3.05) is 6.61 Å². The third-order valence-corrected chi connectivity index (χ3v) is 2.77. The fourth-order valence-corrected chi connectivity index (χ4v) is 1.90. The predicted octanol–water partition coefficient (Wildman–Crippen LogP) is 3.43. The lowest BCUT2D eigenvalue weighted by atomic mass is 10.0. The van der Waals surface area contributed by atoms with Crippen LogP contribution in [-0.4, -0.2) is 12.7 Å². The van der Waals surface area contributed by atoms with Gasteiger partial charge < -0.3 is 4.74 Å². The quantitative estimate of drug-likeness (QED) is 0.756. The van der Waals surface area contributed by atoms with Crippen LogP contribution in [0.4, 0.5) is 13.2 Å². The summed E-state index contributed by atoms with van der Waals surface area (Å²) in [5.74, 6) is 0. The summed E-state index contributed by atoms with van der Waals surface area (Å²) in [5, 5.41) is 0. The molecule has 0 aliphatic carbocycles. The molecular weight excluding hydrogens is 217 g/mol. The minimum atomic E-state index is -4.25. The van der Waals surface area contributed by atoms with Gasteiger partial charge in [0.25, 0.3) is 0 Å². The van der Waals surface area contributed by atoms with Gasteiger partial charge in [0.2, 0.25) is 0 Å². The zero-order valence-electron chi connectivity index (χ0n) is 8.76. The maximum atomic E-state index is 12.3. The Morgan fingerprint density at radius 1 is 1.19 bits per heavy atom. The van der Waals surface area contributed by atoms with Crippen molar-refractivity contribution in [2.24, 2.45) is 0 Å². The lowest BCUT2D eigenvalue weighted by molar-refractivity contribution is -0.137. The van der Waals surface area contributed by atoms with Crippen molar-refractivity contribution < 1.29 is 17.9 Å². The molecule has 1 fully saturated rings. The Hall–Kier alpha value is -1.03. The molecule has 2 rings (SSSR count). The van der Waals surface area contributed by atoms with Crippen molar-refractivity contribution in [2.45, 2.75) is 31.5 Å². The summed E-state index contributed by atoms with van der Waals surface area (Å²) in [6.45, 7) is 0.769. The Bertz CT molecular complexity index is 336. The summed E-state index contributed by atoms with van der Waals surface area (Å²) in [6.07, 6.45) is -1.32. The number of ether oxygens (including phenoxy) is 1. The Labute approximate surface area is 92.2 Å². The first kappa shape index (κ1) is 11.5. The first-order chi connectivity index (χ1) is 7.55. The van der Waals surface area contributed by atoms with Crippen LogP contribution < -0.4 is 0 Å². The van der Waals surface area contributed by atoms with Gasteiger partial charge in [-0.25, -0.2) is 0 Å². The SMILES string of the molecule is FC(F)(F)c1ccc(CC2CCCO2)cc1. The Balaban J connectivity index is 2.01. The summed E-state index contributed by atoms with van der Waals surface area (Å²) in [4.78, 5) is 0. The zero-order chi connectivity index (χ0) is 11.6. The highest BCUT2D eigenvalue weighted by molar-refractivity contribution is 5.25. The number of alkyl halides is 3. The second-order valence-electron chi connectivity index (χ2n) is 4.03. The molecule has 0 spiro atoms. The van der Waals surface area contributed by atoms with Crippen LogP contribution in [0.1, 0.15) is 24.0 Å². The normalized spacial score (nSPS) is 21.3. The van der Waals surface area contributed by atoms with E-state index < -0.39 is 11.7 Å². The van der Waals surface area contributed by atoms with Gasteiger partial charge in [-0.2, -0.15) is 13.2 Å². The molecule has 0 amide bonds. The maximum absolute atomic E-state index is 12.3. The number of rotatable bonds is 2. The minimum absolute atomic E-state index is 0.178. The molecule has 0 bridgehead atoms. The summed E-state index contributed by atoms with van der Waals surface area (Å²) in [7, 11) is 0. The molecule has 1 saturated heterocycles. The molecule has 1 heterocycles. The average Bonchev–Trinajstić information content (AvgIpc) is 2.70. The van der Waals surface area contributed by atoms with Crippen molar-refractivity contribution in [3.8, 4) is 0 Å². The number of hydrogen-bond donors (Lipinski definition) is 0. The van der Waals surface area contributed by atoms with Crippen LogP contribution in [0.3, 0.4) is 0 Å². The number of halogens is 3. The summed E-state index contributed by atoms with van der Waals surface area (Å²) >= 11 is 0. The molecule has 4 heteroatoms. The van der Waals surface area contributed by atoms with E-state index in [1.807, 2.05) is 0 Å². The highest BCUT2D eigenvalue weighted by atomic mass is 19.4. The highest BCUT2D eigenvalue weighted by Crippen LogP contribution is 2.29. The van der Waals surface area contributed by atoms with Gasteiger partial charge in [0.05, 0.1) is 11.7 Å². The van der Waals surface area contributed by atoms with E-state index in [2.05, 4.69) is 0 Å². The van der Waals surface area contributed by atoms with Gasteiger partial charge in [0.15, 0.2) is 0 Å². The maximum Gasteiger partial charge on any atom is 0.416 e. The third-order valence-electron chi connectivity index (χ3n) is 2.77. The van der Waals surface area contributed by atoms with Gasteiger partial charge in [-0.3, -0.25) is 0 Å². The molecule has 1 aromatic rings. The molecule has 1 atom stereocenters. The zero-order valence-corrected chi connectivity index (χ0v) is 8.76. The molecule has 16 heavy (non-hydrogen) atoms. The van der Waals surface area contributed by atoms with E-state index >= 15 is 0 Å². The molecule has 0 N–H and O–H groups in total. The van der Waals surface area contributed by atoms with E-state index in [-0.39, 0.29) is 6.10 Å². The van der Waals surface area contributed by atoms with Gasteiger partial charge >= 0.3 is 6.18 Å². The molecule has 1 unspecified atom stereocenters. The van der Waals surface area contributed by atoms with Gasteiger partial charge in [-0.15, -0.1) is 0 Å². The Morgan fingerprint density at radius 2 is 1.88 bits per heavy atom. The summed E-state index contributed by atoms with van der Waals surface area (Å²) < 4.78 is 42.3. The molecule has 0 aromatic heterocycles. The van der Waals surface area contributed by atoms with Gasteiger partial charge in [0.1, 0.15) is 0 Å². The second-order valence-corrected chi connectivity index (χ2v) is 4.03. The first-order valence-electron chi connectivity index (χ1n) is 5.33. The number of benzene rings is 1. The standard InChI is InChI=1S/C12H13F3O/c13-12(14,15)10-5-3-9(4-6-10)8-11-2-1-7-16-11/h3-6,11H,1-2,7-8H2. The van der Waals surface area contributed by atoms with Crippen molar-refractivity contribution in [1.29, 1.82) is 0 Å². The molecule has 0 radical (unpaired) electrons. The van der Waals surface area contributed by atoms with Crippen molar-refractivity contribution in [3.63, 3.8) is 0 Å². The highest BCUT2D eigenvalue weighted by Gasteiger charge is 2.30. The first-order valence-corrected chi connectivity index (χ1v) is 5.33. The van der Waals surface area contributed by atoms with Gasteiger partial charge in [0, 0.05) is 6.61 Å². The van der Waals surface area contributed by atoms with Crippen molar-refractivity contribution >= 4 is 0 Å². The van der Waals surface area contributed by atoms with E-state index in [1.165, 1.54) is 12.1 Å². The van der Waals surface area contributed by atoms with E-state index in [0.717, 1.165) is 37.1 Å². The molecule has 1 aromatic carbocycles. The third kappa shape index (κ3) is 2.76. The van der Waals surface area contributed by atoms with Crippen LogP contribution in [0.2, 0.25) is 0 Å². The second kappa shape index (κ2) is 4.45. The number of hydrogen-bond acceptors (Lipinski definition) is 1. The largest absolute Gasteiger partial charge is 0.416 e. The Kier molecular flexibility index (Phi) is 3.19. The minimum Gasteiger partial charge on any atom is -0.378 e. The summed E-state index contributed by atoms with van der Waals surface area (Å²) in [5.41, 5.74) is 0.309. The average molecular weight is 230 g/mol. The van der Waals surface area contributed by atoms with Crippen LogP contribution >= 0.6 is 0 Å². The molecule has 1 nitrogen and oxygen atoms in total. The predicted molar refractivity (Wildman–Crippen MR) is 54.1 cm³/mol. The van der Waals surface area contributed by atoms with E-state index in [1.54, 1.807) is 0 Å². The van der Waals surface area contributed by atoms with E-state index in [4.69, 9.17) is 4.74 Å². The van der Waals surface area contributed by atoms with Crippen molar-refractivity contribution in [1.82, 2.24) is 0 Å². The van der Waals surface area contributed by atoms with Crippen molar-refractivity contribution in [3.05, 3.63) is 35.4 Å².